The average molecular weight is 480 g/mol. The van der Waals surface area contributed by atoms with Gasteiger partial charge >= 0.3 is 0 Å². The fraction of sp³-hybridized carbons (Fsp3) is 0.280. The molecule has 3 aromatic rings. The maximum Gasteiger partial charge on any atom is 0.253 e. The first-order valence-electron chi connectivity index (χ1n) is 11.2. The van der Waals surface area contributed by atoms with Crippen molar-refractivity contribution in [1.29, 1.82) is 0 Å². The molecule has 0 saturated carbocycles. The molecule has 0 spiro atoms. The number of ether oxygens (including phenoxy) is 1. The summed E-state index contributed by atoms with van der Waals surface area (Å²) >= 11 is 0. The van der Waals surface area contributed by atoms with Gasteiger partial charge in [-0.3, -0.25) is 9.59 Å². The number of carbonyl (C=O) groups excluding carboxylic acids is 2. The number of nitrogens with one attached hydrogen (secondary N) is 2. The number of anilines is 2. The molecule has 1 aliphatic rings. The lowest BCUT2D eigenvalue weighted by atomic mass is 10.0. The van der Waals surface area contributed by atoms with E-state index in [-0.39, 0.29) is 30.0 Å². The molecule has 2 heterocycles. The molecule has 1 aliphatic heterocycles. The fourth-order valence-corrected chi connectivity index (χ4v) is 4.14. The predicted molar refractivity (Wildman–Crippen MR) is 131 cm³/mol. The van der Waals surface area contributed by atoms with Gasteiger partial charge in [-0.25, -0.2) is 9.07 Å². The van der Waals surface area contributed by atoms with E-state index >= 15 is 4.39 Å². The number of hydrogen-bond donors (Lipinski definition) is 2. The van der Waals surface area contributed by atoms with Crippen molar-refractivity contribution in [1.82, 2.24) is 9.99 Å². The number of nitrogens with zero attached hydrogens (tertiary/aromatic N) is 3. The van der Waals surface area contributed by atoms with Crippen LogP contribution in [-0.4, -0.2) is 48.3 Å². The van der Waals surface area contributed by atoms with Gasteiger partial charge in [-0.2, -0.15) is 0 Å². The highest BCUT2D eigenvalue weighted by Crippen LogP contribution is 2.31. The molecule has 0 bridgehead atoms. The van der Waals surface area contributed by atoms with Crippen LogP contribution in [0, 0.1) is 10.7 Å². The van der Waals surface area contributed by atoms with E-state index in [4.69, 9.17) is 4.74 Å². The van der Waals surface area contributed by atoms with Crippen molar-refractivity contribution in [2.75, 3.05) is 29.9 Å². The summed E-state index contributed by atoms with van der Waals surface area (Å²) in [7, 11) is 0. The Morgan fingerprint density at radius 3 is 2.57 bits per heavy atom. The number of amides is 2. The van der Waals surface area contributed by atoms with Crippen molar-refractivity contribution in [2.24, 2.45) is 5.29 Å². The van der Waals surface area contributed by atoms with E-state index in [0.29, 0.717) is 11.1 Å². The Hall–Kier alpha value is -4.05. The van der Waals surface area contributed by atoms with E-state index in [0.717, 1.165) is 23.5 Å². The number of hydrogen-bond acceptors (Lipinski definition) is 6. The van der Waals surface area contributed by atoms with Gasteiger partial charge in [0.05, 0.1) is 35.3 Å². The van der Waals surface area contributed by atoms with Gasteiger partial charge in [-0.1, -0.05) is 24.3 Å². The van der Waals surface area contributed by atoms with Crippen LogP contribution >= 0.6 is 0 Å². The molecule has 10 heteroatoms. The molecule has 9 nitrogen and oxygen atoms in total. The first-order valence-corrected chi connectivity index (χ1v) is 11.2. The van der Waals surface area contributed by atoms with Gasteiger partial charge in [-0.05, 0) is 43.7 Å². The molecule has 2 N–H and O–H groups in total. The first-order chi connectivity index (χ1) is 16.8. The Morgan fingerprint density at radius 1 is 1.11 bits per heavy atom. The Kier molecular flexibility index (Phi) is 7.21. The van der Waals surface area contributed by atoms with Gasteiger partial charge in [0.2, 0.25) is 5.91 Å². The largest absolute Gasteiger partial charge is 0.372 e. The number of aromatic nitrogens is 1. The van der Waals surface area contributed by atoms with Crippen molar-refractivity contribution in [3.63, 3.8) is 0 Å². The van der Waals surface area contributed by atoms with Gasteiger partial charge in [0.25, 0.3) is 5.91 Å². The molecule has 2 atom stereocenters. The topological polar surface area (TPSA) is 105 Å². The summed E-state index contributed by atoms with van der Waals surface area (Å²) in [4.78, 5) is 37.1. The molecule has 2 amide bonds. The highest BCUT2D eigenvalue weighted by atomic mass is 19.1. The van der Waals surface area contributed by atoms with E-state index in [1.807, 2.05) is 38.1 Å². The average Bonchev–Trinajstić information content (AvgIpc) is 3.33. The van der Waals surface area contributed by atoms with Crippen LogP contribution in [0.2, 0.25) is 0 Å². The summed E-state index contributed by atoms with van der Waals surface area (Å²) in [6, 6.07) is 13.8. The minimum atomic E-state index is -0.590. The van der Waals surface area contributed by atoms with Gasteiger partial charge < -0.3 is 20.3 Å². The van der Waals surface area contributed by atoms with Crippen LogP contribution in [0.5, 0.6) is 0 Å². The standard InChI is InChI=1S/C25H26FN5O4/c1-16-13-30(14-17(2)35-16)20-6-3-5-18(11-20)21-7-4-8-22(24(21)26)28-23(32)12-27-25(33)19-9-10-31(15-19)29-34/h3-11,15-17H,12-14H2,1-2H3,(H,27,33)(H,28,32). The summed E-state index contributed by atoms with van der Waals surface area (Å²) in [6.45, 7) is 5.17. The van der Waals surface area contributed by atoms with Crippen LogP contribution in [0.1, 0.15) is 24.2 Å². The lowest BCUT2D eigenvalue weighted by Gasteiger charge is -2.37. The third kappa shape index (κ3) is 5.72. The second-order valence-electron chi connectivity index (χ2n) is 8.47. The summed E-state index contributed by atoms with van der Waals surface area (Å²) < 4.78 is 22.1. The second kappa shape index (κ2) is 10.5. The monoisotopic (exact) mass is 479 g/mol. The van der Waals surface area contributed by atoms with Crippen LogP contribution in [0.4, 0.5) is 15.8 Å². The summed E-state index contributed by atoms with van der Waals surface area (Å²) in [5.74, 6) is -1.71. The van der Waals surface area contributed by atoms with Crippen LogP contribution in [0.15, 0.2) is 66.2 Å². The molecule has 0 radical (unpaired) electrons. The van der Waals surface area contributed by atoms with Crippen LogP contribution in [0.3, 0.4) is 0 Å². The van der Waals surface area contributed by atoms with Crippen molar-refractivity contribution in [3.05, 3.63) is 77.2 Å². The van der Waals surface area contributed by atoms with Crippen molar-refractivity contribution >= 4 is 23.2 Å². The van der Waals surface area contributed by atoms with E-state index < -0.39 is 17.6 Å². The smallest absolute Gasteiger partial charge is 0.253 e. The highest BCUT2D eigenvalue weighted by Gasteiger charge is 2.23. The highest BCUT2D eigenvalue weighted by molar-refractivity contribution is 5.99. The Bertz CT molecular complexity index is 1230. The normalized spacial score (nSPS) is 17.6. The number of morpholine rings is 1. The van der Waals surface area contributed by atoms with Gasteiger partial charge in [-0.15, -0.1) is 4.91 Å². The zero-order chi connectivity index (χ0) is 24.9. The Morgan fingerprint density at radius 2 is 1.86 bits per heavy atom. The second-order valence-corrected chi connectivity index (χ2v) is 8.47. The molecule has 1 saturated heterocycles. The fourth-order valence-electron chi connectivity index (χ4n) is 4.14. The zero-order valence-corrected chi connectivity index (χ0v) is 19.4. The van der Waals surface area contributed by atoms with E-state index in [9.17, 15) is 14.5 Å². The van der Waals surface area contributed by atoms with Gasteiger partial charge in [0.15, 0.2) is 5.82 Å². The van der Waals surface area contributed by atoms with Crippen molar-refractivity contribution in [3.8, 4) is 11.1 Å². The van der Waals surface area contributed by atoms with E-state index in [2.05, 4.69) is 20.8 Å². The summed E-state index contributed by atoms with van der Waals surface area (Å²) in [5.41, 5.74) is 2.20. The zero-order valence-electron chi connectivity index (χ0n) is 19.4. The number of benzene rings is 2. The quantitative estimate of drug-likeness (QED) is 0.502. The predicted octanol–water partition coefficient (Wildman–Crippen LogP) is 3.81. The number of carbonyl (C=O) groups is 2. The summed E-state index contributed by atoms with van der Waals surface area (Å²) in [5, 5.41) is 7.59. The summed E-state index contributed by atoms with van der Waals surface area (Å²) in [6.07, 6.45) is 2.74. The third-order valence-electron chi connectivity index (χ3n) is 5.66. The molecule has 1 aromatic heterocycles. The molecule has 4 rings (SSSR count). The Labute approximate surface area is 201 Å². The van der Waals surface area contributed by atoms with Crippen LogP contribution in [-0.2, 0) is 9.53 Å². The molecular formula is C25H26FN5O4. The number of nitroso groups, excluding NO2 is 1. The molecule has 182 valence electrons. The third-order valence-corrected chi connectivity index (χ3v) is 5.66. The maximum absolute atomic E-state index is 15.3. The van der Waals surface area contributed by atoms with Crippen LogP contribution < -0.4 is 15.5 Å². The molecule has 1 fully saturated rings. The minimum absolute atomic E-state index is 0.0112. The van der Waals surface area contributed by atoms with Crippen molar-refractivity contribution < 1.29 is 18.7 Å². The SMILES string of the molecule is CC1CN(c2cccc(-c3cccc(NC(=O)CNC(=O)c4ccn(N=O)c4)c3F)c2)CC(C)O1. The van der Waals surface area contributed by atoms with Crippen molar-refractivity contribution in [2.45, 2.75) is 26.1 Å². The molecule has 2 unspecified atom stereocenters. The Balaban J connectivity index is 1.44. The lowest BCUT2D eigenvalue weighted by molar-refractivity contribution is -0.115. The number of rotatable bonds is 7. The van der Waals surface area contributed by atoms with Gasteiger partial charge in [0, 0.05) is 36.7 Å². The first kappa shape index (κ1) is 24.1. The van der Waals surface area contributed by atoms with Gasteiger partial charge in [0.1, 0.15) is 0 Å². The van der Waals surface area contributed by atoms with E-state index in [1.54, 1.807) is 12.1 Å². The van der Waals surface area contributed by atoms with E-state index in [1.165, 1.54) is 24.5 Å². The molecule has 0 aliphatic carbocycles. The minimum Gasteiger partial charge on any atom is -0.372 e. The number of halogens is 1. The molecule has 35 heavy (non-hydrogen) atoms. The maximum atomic E-state index is 15.3. The van der Waals surface area contributed by atoms with Crippen LogP contribution in [0.25, 0.3) is 11.1 Å². The molecule has 2 aromatic carbocycles. The molecular weight excluding hydrogens is 453 g/mol. The lowest BCUT2D eigenvalue weighted by Crippen LogP contribution is -2.45.